The molecular weight excluding hydrogens is 196 g/mol. The van der Waals surface area contributed by atoms with Gasteiger partial charge in [0, 0.05) is 11.8 Å². The summed E-state index contributed by atoms with van der Waals surface area (Å²) in [5, 5.41) is 0. The lowest BCUT2D eigenvalue weighted by molar-refractivity contribution is -0.138. The van der Waals surface area contributed by atoms with Crippen molar-refractivity contribution in [3.8, 4) is 0 Å². The molecule has 4 heteroatoms. The van der Waals surface area contributed by atoms with Crippen molar-refractivity contribution in [2.24, 2.45) is 17.8 Å². The summed E-state index contributed by atoms with van der Waals surface area (Å²) < 4.78 is 9.78. The molecule has 0 aromatic carbocycles. The van der Waals surface area contributed by atoms with Crippen LogP contribution in [0.15, 0.2) is 0 Å². The molecule has 4 atom stereocenters. The van der Waals surface area contributed by atoms with Crippen LogP contribution in [0.5, 0.6) is 0 Å². The van der Waals surface area contributed by atoms with Gasteiger partial charge in [0.2, 0.25) is 0 Å². The first kappa shape index (κ1) is 12.0. The van der Waals surface area contributed by atoms with Gasteiger partial charge in [-0.25, -0.2) is 0 Å². The first-order valence-electron chi connectivity index (χ1n) is 5.35. The summed E-state index contributed by atoms with van der Waals surface area (Å²) in [7, 11) is 0. The molecule has 0 amide bonds. The van der Waals surface area contributed by atoms with Gasteiger partial charge in [-0.2, -0.15) is 0 Å². The molecule has 0 spiro atoms. The van der Waals surface area contributed by atoms with Crippen molar-refractivity contribution in [2.75, 3.05) is 6.61 Å². The largest absolute Gasteiger partial charge is 0.468 e. The molecule has 1 fully saturated rings. The molecule has 1 saturated carbocycles. The van der Waals surface area contributed by atoms with Crippen LogP contribution in [0.2, 0.25) is 0 Å². The highest BCUT2D eigenvalue weighted by atomic mass is 16.5. The van der Waals surface area contributed by atoms with Gasteiger partial charge >= 0.3 is 0 Å². The number of ether oxygens (including phenoxy) is 2. The minimum atomic E-state index is -0.0901. The van der Waals surface area contributed by atoms with E-state index in [0.717, 1.165) is 12.8 Å². The average molecular weight is 214 g/mol. The van der Waals surface area contributed by atoms with Gasteiger partial charge in [-0.3, -0.25) is 9.59 Å². The molecule has 86 valence electrons. The molecule has 1 aliphatic carbocycles. The number of carbonyl (C=O) groups is 2. The maximum atomic E-state index is 10.3. The highest BCUT2D eigenvalue weighted by molar-refractivity contribution is 5.37. The van der Waals surface area contributed by atoms with E-state index < -0.39 is 0 Å². The van der Waals surface area contributed by atoms with Crippen molar-refractivity contribution in [2.45, 2.75) is 32.8 Å². The standard InChI is InChI=1S/C11H18O4/c1-8-3-4-10(9(2)15-7-13)11(8)5-14-6-12/h6-11H,3-5H2,1-2H3. The van der Waals surface area contributed by atoms with E-state index in [1.807, 2.05) is 6.92 Å². The fourth-order valence-corrected chi connectivity index (χ4v) is 2.52. The van der Waals surface area contributed by atoms with E-state index in [4.69, 9.17) is 9.47 Å². The molecule has 15 heavy (non-hydrogen) atoms. The lowest BCUT2D eigenvalue weighted by Crippen LogP contribution is -2.28. The van der Waals surface area contributed by atoms with Crippen molar-refractivity contribution in [1.29, 1.82) is 0 Å². The first-order valence-corrected chi connectivity index (χ1v) is 5.35. The Balaban J connectivity index is 2.53. The molecule has 0 heterocycles. The first-order chi connectivity index (χ1) is 7.20. The second kappa shape index (κ2) is 5.73. The van der Waals surface area contributed by atoms with E-state index in [0.29, 0.717) is 37.3 Å². The number of hydrogen-bond donors (Lipinski definition) is 0. The summed E-state index contributed by atoms with van der Waals surface area (Å²) in [6.07, 6.45) is 2.04. The third-order valence-electron chi connectivity index (χ3n) is 3.47. The van der Waals surface area contributed by atoms with Crippen LogP contribution in [-0.4, -0.2) is 25.7 Å². The molecule has 0 aromatic heterocycles. The molecule has 4 unspecified atom stereocenters. The van der Waals surface area contributed by atoms with Crippen molar-refractivity contribution in [3.63, 3.8) is 0 Å². The fraction of sp³-hybridized carbons (Fsp3) is 0.818. The van der Waals surface area contributed by atoms with Gasteiger partial charge in [0.15, 0.2) is 0 Å². The fourth-order valence-electron chi connectivity index (χ4n) is 2.52. The van der Waals surface area contributed by atoms with Gasteiger partial charge in [-0.1, -0.05) is 6.92 Å². The predicted molar refractivity (Wildman–Crippen MR) is 54.0 cm³/mol. The Morgan fingerprint density at radius 2 is 2.07 bits per heavy atom. The van der Waals surface area contributed by atoms with Crippen molar-refractivity contribution < 1.29 is 19.1 Å². The van der Waals surface area contributed by atoms with Gasteiger partial charge in [-0.15, -0.1) is 0 Å². The van der Waals surface area contributed by atoms with Crippen LogP contribution in [0.3, 0.4) is 0 Å². The van der Waals surface area contributed by atoms with Crippen molar-refractivity contribution in [1.82, 2.24) is 0 Å². The third-order valence-corrected chi connectivity index (χ3v) is 3.47. The zero-order chi connectivity index (χ0) is 11.3. The van der Waals surface area contributed by atoms with Gasteiger partial charge < -0.3 is 9.47 Å². The Labute approximate surface area is 89.9 Å². The number of carbonyl (C=O) groups excluding carboxylic acids is 2. The van der Waals surface area contributed by atoms with E-state index in [-0.39, 0.29) is 6.10 Å². The summed E-state index contributed by atoms with van der Waals surface area (Å²) in [5.41, 5.74) is 0. The minimum Gasteiger partial charge on any atom is -0.468 e. The lowest BCUT2D eigenvalue weighted by Gasteiger charge is -2.25. The zero-order valence-electron chi connectivity index (χ0n) is 9.22. The molecule has 0 saturated heterocycles. The second-order valence-electron chi connectivity index (χ2n) is 4.25. The molecule has 0 bridgehead atoms. The Morgan fingerprint density at radius 1 is 1.33 bits per heavy atom. The summed E-state index contributed by atoms with van der Waals surface area (Å²) in [5.74, 6) is 1.14. The second-order valence-corrected chi connectivity index (χ2v) is 4.25. The van der Waals surface area contributed by atoms with Crippen LogP contribution in [0.25, 0.3) is 0 Å². The van der Waals surface area contributed by atoms with Crippen LogP contribution in [0, 0.1) is 17.8 Å². The Hall–Kier alpha value is -1.06. The summed E-state index contributed by atoms with van der Waals surface area (Å²) in [6.45, 7) is 5.44. The van der Waals surface area contributed by atoms with Gasteiger partial charge in [0.05, 0.1) is 6.61 Å². The Bertz CT molecular complexity index is 217. The van der Waals surface area contributed by atoms with E-state index >= 15 is 0 Å². The van der Waals surface area contributed by atoms with Crippen LogP contribution < -0.4 is 0 Å². The highest BCUT2D eigenvalue weighted by Gasteiger charge is 2.37. The van der Waals surface area contributed by atoms with E-state index in [1.165, 1.54) is 0 Å². The van der Waals surface area contributed by atoms with E-state index in [2.05, 4.69) is 6.92 Å². The van der Waals surface area contributed by atoms with Crippen LogP contribution in [-0.2, 0) is 19.1 Å². The summed E-state index contributed by atoms with van der Waals surface area (Å²) >= 11 is 0. The molecule has 1 aliphatic rings. The van der Waals surface area contributed by atoms with E-state index in [9.17, 15) is 9.59 Å². The average Bonchev–Trinajstić information content (AvgIpc) is 2.57. The summed E-state index contributed by atoms with van der Waals surface area (Å²) in [6, 6.07) is 0. The normalized spacial score (nSPS) is 32.0. The molecule has 0 aromatic rings. The van der Waals surface area contributed by atoms with E-state index in [1.54, 1.807) is 0 Å². The topological polar surface area (TPSA) is 52.6 Å². The minimum absolute atomic E-state index is 0.0901. The summed E-state index contributed by atoms with van der Waals surface area (Å²) in [4.78, 5) is 20.4. The van der Waals surface area contributed by atoms with Crippen LogP contribution in [0.4, 0.5) is 0 Å². The zero-order valence-corrected chi connectivity index (χ0v) is 9.22. The SMILES string of the molecule is CC1CCC(C(C)OC=O)C1COC=O. The quantitative estimate of drug-likeness (QED) is 0.627. The predicted octanol–water partition coefficient (Wildman–Crippen LogP) is 1.38. The number of rotatable bonds is 6. The van der Waals surface area contributed by atoms with Crippen molar-refractivity contribution >= 4 is 12.9 Å². The smallest absolute Gasteiger partial charge is 0.293 e. The van der Waals surface area contributed by atoms with Crippen LogP contribution >= 0.6 is 0 Å². The molecule has 0 radical (unpaired) electrons. The van der Waals surface area contributed by atoms with Gasteiger partial charge in [-0.05, 0) is 25.7 Å². The molecular formula is C11H18O4. The van der Waals surface area contributed by atoms with Crippen LogP contribution in [0.1, 0.15) is 26.7 Å². The lowest BCUT2D eigenvalue weighted by atomic mass is 9.88. The van der Waals surface area contributed by atoms with Gasteiger partial charge in [0.25, 0.3) is 12.9 Å². The van der Waals surface area contributed by atoms with Crippen molar-refractivity contribution in [3.05, 3.63) is 0 Å². The highest BCUT2D eigenvalue weighted by Crippen LogP contribution is 2.39. The molecule has 0 aliphatic heterocycles. The number of hydrogen-bond acceptors (Lipinski definition) is 4. The molecule has 4 nitrogen and oxygen atoms in total. The third kappa shape index (κ3) is 2.94. The maximum Gasteiger partial charge on any atom is 0.293 e. The molecule has 0 N–H and O–H groups in total. The Kier molecular flexibility index (Phi) is 4.59. The molecule has 1 rings (SSSR count). The van der Waals surface area contributed by atoms with Gasteiger partial charge in [0.1, 0.15) is 6.10 Å². The Morgan fingerprint density at radius 3 is 2.67 bits per heavy atom. The monoisotopic (exact) mass is 214 g/mol. The maximum absolute atomic E-state index is 10.3.